The van der Waals surface area contributed by atoms with Crippen molar-refractivity contribution in [2.75, 3.05) is 11.9 Å². The van der Waals surface area contributed by atoms with Crippen LogP contribution in [-0.2, 0) is 6.42 Å². The van der Waals surface area contributed by atoms with Gasteiger partial charge in [0.15, 0.2) is 5.13 Å². The summed E-state index contributed by atoms with van der Waals surface area (Å²) in [7, 11) is 0. The summed E-state index contributed by atoms with van der Waals surface area (Å²) in [6, 6.07) is 0. The zero-order chi connectivity index (χ0) is 13.9. The molecular weight excluding hydrogens is 286 g/mol. The summed E-state index contributed by atoms with van der Waals surface area (Å²) >= 11 is 3.56. The minimum absolute atomic E-state index is 0.736. The fourth-order valence-corrected chi connectivity index (χ4v) is 4.24. The molecule has 1 saturated carbocycles. The van der Waals surface area contributed by atoms with Gasteiger partial charge >= 0.3 is 0 Å². The minimum atomic E-state index is 0.736. The maximum atomic E-state index is 4.81. The molecule has 0 bridgehead atoms. The molecule has 0 unspecified atom stereocenters. The largest absolute Gasteiger partial charge is 0.362 e. The van der Waals surface area contributed by atoms with Gasteiger partial charge in [0, 0.05) is 17.8 Å². The second kappa shape index (κ2) is 6.22. The minimum Gasteiger partial charge on any atom is -0.362 e. The Morgan fingerprint density at radius 1 is 1.30 bits per heavy atom. The number of aryl methyl sites for hydroxylation is 1. The highest BCUT2D eigenvalue weighted by Gasteiger charge is 2.28. The van der Waals surface area contributed by atoms with Crippen LogP contribution in [-0.4, -0.2) is 16.5 Å². The Balaban J connectivity index is 1.77. The normalized spacial score (nSPS) is 14.7. The molecule has 0 spiro atoms. The molecule has 5 heteroatoms. The summed E-state index contributed by atoms with van der Waals surface area (Å²) in [5, 5.41) is 7.93. The lowest BCUT2D eigenvalue weighted by atomic mass is 10.2. The molecule has 0 aliphatic heterocycles. The van der Waals surface area contributed by atoms with E-state index >= 15 is 0 Å². The van der Waals surface area contributed by atoms with Crippen molar-refractivity contribution < 1.29 is 0 Å². The molecular formula is C15H21N3S2. The first kappa shape index (κ1) is 14.0. The maximum absolute atomic E-state index is 4.81. The van der Waals surface area contributed by atoms with Gasteiger partial charge in [-0.1, -0.05) is 20.3 Å². The molecule has 1 aliphatic rings. The molecule has 1 aliphatic carbocycles. The second-order valence-electron chi connectivity index (χ2n) is 5.27. The molecule has 3 rings (SSSR count). The number of nitrogens with zero attached hydrogens (tertiary/aromatic N) is 2. The van der Waals surface area contributed by atoms with Gasteiger partial charge < -0.3 is 5.32 Å². The van der Waals surface area contributed by atoms with Gasteiger partial charge in [-0.2, -0.15) is 0 Å². The zero-order valence-corrected chi connectivity index (χ0v) is 13.7. The topological polar surface area (TPSA) is 37.8 Å². The average molecular weight is 307 g/mol. The van der Waals surface area contributed by atoms with Crippen LogP contribution in [0.25, 0.3) is 10.6 Å². The first-order valence-corrected chi connectivity index (χ1v) is 9.20. The van der Waals surface area contributed by atoms with Crippen molar-refractivity contribution in [2.45, 2.75) is 51.9 Å². The van der Waals surface area contributed by atoms with Crippen LogP contribution in [0.4, 0.5) is 5.13 Å². The Labute approximate surface area is 128 Å². The smallest absolute Gasteiger partial charge is 0.183 e. The standard InChI is InChI=1S/C15H21N3S2/c1-3-5-8-16-15-18-12(9-19-15)13-11(4-2)17-14(20-13)10-6-7-10/h9-10H,3-8H2,1-2H3,(H,16,18). The van der Waals surface area contributed by atoms with Gasteiger partial charge in [-0.25, -0.2) is 9.97 Å². The Morgan fingerprint density at radius 2 is 2.15 bits per heavy atom. The highest BCUT2D eigenvalue weighted by molar-refractivity contribution is 7.17. The number of aromatic nitrogens is 2. The number of hydrogen-bond acceptors (Lipinski definition) is 5. The molecule has 1 N–H and O–H groups in total. The molecule has 20 heavy (non-hydrogen) atoms. The number of hydrogen-bond donors (Lipinski definition) is 1. The van der Waals surface area contributed by atoms with Crippen LogP contribution in [0.1, 0.15) is 56.2 Å². The fraction of sp³-hybridized carbons (Fsp3) is 0.600. The lowest BCUT2D eigenvalue weighted by molar-refractivity contribution is 0.833. The van der Waals surface area contributed by atoms with Gasteiger partial charge in [0.1, 0.15) is 0 Å². The van der Waals surface area contributed by atoms with Crippen molar-refractivity contribution in [1.29, 1.82) is 0 Å². The van der Waals surface area contributed by atoms with Gasteiger partial charge in [0.05, 0.1) is 21.3 Å². The summed E-state index contributed by atoms with van der Waals surface area (Å²) in [6.07, 6.45) is 6.04. The van der Waals surface area contributed by atoms with Gasteiger partial charge in [-0.15, -0.1) is 22.7 Å². The van der Waals surface area contributed by atoms with Crippen LogP contribution in [0.2, 0.25) is 0 Å². The van der Waals surface area contributed by atoms with Gasteiger partial charge in [-0.3, -0.25) is 0 Å². The number of thiazole rings is 2. The molecule has 0 aromatic carbocycles. The summed E-state index contributed by atoms with van der Waals surface area (Å²) < 4.78 is 0. The molecule has 2 aromatic rings. The van der Waals surface area contributed by atoms with Gasteiger partial charge in [0.2, 0.25) is 0 Å². The zero-order valence-electron chi connectivity index (χ0n) is 12.1. The van der Waals surface area contributed by atoms with E-state index in [1.165, 1.54) is 41.3 Å². The predicted octanol–water partition coefficient (Wildman–Crippen LogP) is 4.92. The first-order chi connectivity index (χ1) is 9.81. The van der Waals surface area contributed by atoms with E-state index in [-0.39, 0.29) is 0 Å². The third-order valence-electron chi connectivity index (χ3n) is 3.52. The van der Waals surface area contributed by atoms with Crippen LogP contribution in [0, 0.1) is 0 Å². The van der Waals surface area contributed by atoms with Crippen LogP contribution >= 0.6 is 22.7 Å². The SMILES string of the molecule is CCCCNc1nc(-c2sc(C3CC3)nc2CC)cs1. The highest BCUT2D eigenvalue weighted by atomic mass is 32.1. The van der Waals surface area contributed by atoms with Crippen molar-refractivity contribution >= 4 is 27.8 Å². The Kier molecular flexibility index (Phi) is 4.36. The summed E-state index contributed by atoms with van der Waals surface area (Å²) in [6.45, 7) is 5.40. The number of unbranched alkanes of at least 4 members (excludes halogenated alkanes) is 1. The van der Waals surface area contributed by atoms with Crippen molar-refractivity contribution in [1.82, 2.24) is 9.97 Å². The van der Waals surface area contributed by atoms with Crippen molar-refractivity contribution in [3.63, 3.8) is 0 Å². The molecule has 0 saturated heterocycles. The highest BCUT2D eigenvalue weighted by Crippen LogP contribution is 2.45. The number of anilines is 1. The summed E-state index contributed by atoms with van der Waals surface area (Å²) in [4.78, 5) is 10.8. The third kappa shape index (κ3) is 3.04. The molecule has 2 aromatic heterocycles. The summed E-state index contributed by atoms with van der Waals surface area (Å²) in [5.74, 6) is 0.736. The summed E-state index contributed by atoms with van der Waals surface area (Å²) in [5.41, 5.74) is 2.33. The average Bonchev–Trinajstić information content (AvgIpc) is 3.05. The van der Waals surface area contributed by atoms with E-state index < -0.39 is 0 Å². The lowest BCUT2D eigenvalue weighted by Crippen LogP contribution is -1.99. The Hall–Kier alpha value is -0.940. The van der Waals surface area contributed by atoms with E-state index in [1.807, 2.05) is 11.3 Å². The van der Waals surface area contributed by atoms with Crippen LogP contribution in [0.15, 0.2) is 5.38 Å². The number of nitrogens with one attached hydrogen (secondary N) is 1. The van der Waals surface area contributed by atoms with Crippen LogP contribution in [0.3, 0.4) is 0 Å². The van der Waals surface area contributed by atoms with Crippen molar-refractivity contribution in [2.24, 2.45) is 0 Å². The predicted molar refractivity (Wildman–Crippen MR) is 88.0 cm³/mol. The molecule has 1 fully saturated rings. The molecule has 3 nitrogen and oxygen atoms in total. The monoisotopic (exact) mass is 307 g/mol. The molecule has 0 radical (unpaired) electrons. The van der Waals surface area contributed by atoms with Gasteiger partial charge in [-0.05, 0) is 25.7 Å². The maximum Gasteiger partial charge on any atom is 0.183 e. The van der Waals surface area contributed by atoms with E-state index in [0.29, 0.717) is 0 Å². The third-order valence-corrected chi connectivity index (χ3v) is 5.60. The molecule has 0 atom stereocenters. The number of rotatable bonds is 7. The van der Waals surface area contributed by atoms with Gasteiger partial charge in [0.25, 0.3) is 0 Å². The fourth-order valence-electron chi connectivity index (χ4n) is 2.15. The quantitative estimate of drug-likeness (QED) is 0.738. The van der Waals surface area contributed by atoms with E-state index in [4.69, 9.17) is 9.97 Å². The Morgan fingerprint density at radius 3 is 2.85 bits per heavy atom. The van der Waals surface area contributed by atoms with Crippen molar-refractivity contribution in [3.05, 3.63) is 16.1 Å². The lowest BCUT2D eigenvalue weighted by Gasteiger charge is -1.99. The van der Waals surface area contributed by atoms with Crippen molar-refractivity contribution in [3.8, 4) is 10.6 Å². The van der Waals surface area contributed by atoms with Crippen LogP contribution < -0.4 is 5.32 Å². The molecule has 0 amide bonds. The Bertz CT molecular complexity index is 569. The second-order valence-corrected chi connectivity index (χ2v) is 7.16. The van der Waals surface area contributed by atoms with E-state index in [9.17, 15) is 0 Å². The molecule has 2 heterocycles. The first-order valence-electron chi connectivity index (χ1n) is 7.51. The molecule has 108 valence electrons. The van der Waals surface area contributed by atoms with E-state index in [0.717, 1.165) is 29.7 Å². The van der Waals surface area contributed by atoms with E-state index in [1.54, 1.807) is 11.3 Å². The van der Waals surface area contributed by atoms with E-state index in [2.05, 4.69) is 24.5 Å². The van der Waals surface area contributed by atoms with Crippen LogP contribution in [0.5, 0.6) is 0 Å².